The van der Waals surface area contributed by atoms with Gasteiger partial charge >= 0.3 is 0 Å². The molecular weight excluding hydrogens is 273 g/mol. The molecule has 1 aliphatic carbocycles. The molecule has 0 spiro atoms. The molecule has 106 valence electrons. The van der Waals surface area contributed by atoms with Crippen LogP contribution >= 0.6 is 11.8 Å². The molecular formula is C16H18FNOS. The zero-order valence-corrected chi connectivity index (χ0v) is 12.1. The van der Waals surface area contributed by atoms with E-state index in [-0.39, 0.29) is 17.8 Å². The quantitative estimate of drug-likeness (QED) is 0.857. The molecule has 1 N–H and O–H groups in total. The molecule has 1 aromatic rings. The molecule has 3 rings (SSSR count). The number of carbonyl (C=O) groups excluding carboxylic acids is 1. The van der Waals surface area contributed by atoms with Crippen LogP contribution < -0.4 is 5.32 Å². The van der Waals surface area contributed by atoms with Gasteiger partial charge in [-0.3, -0.25) is 4.79 Å². The lowest BCUT2D eigenvalue weighted by Gasteiger charge is -2.26. The number of halogens is 1. The average molecular weight is 291 g/mol. The van der Waals surface area contributed by atoms with E-state index in [0.29, 0.717) is 12.3 Å². The second-order valence-corrected chi connectivity index (χ2v) is 6.55. The summed E-state index contributed by atoms with van der Waals surface area (Å²) in [7, 11) is 0. The number of hydrogen-bond donors (Lipinski definition) is 1. The third-order valence-electron chi connectivity index (χ3n) is 3.91. The highest BCUT2D eigenvalue weighted by Crippen LogP contribution is 2.36. The van der Waals surface area contributed by atoms with Gasteiger partial charge in [-0.1, -0.05) is 12.2 Å². The number of hydrogen-bond acceptors (Lipinski definition) is 2. The van der Waals surface area contributed by atoms with Crippen molar-refractivity contribution >= 4 is 17.7 Å². The minimum atomic E-state index is -0.232. The van der Waals surface area contributed by atoms with Gasteiger partial charge in [0.25, 0.3) is 0 Å². The van der Waals surface area contributed by atoms with Gasteiger partial charge in [0.2, 0.25) is 5.91 Å². The van der Waals surface area contributed by atoms with Gasteiger partial charge in [0.1, 0.15) is 5.82 Å². The monoisotopic (exact) mass is 291 g/mol. The van der Waals surface area contributed by atoms with E-state index < -0.39 is 0 Å². The lowest BCUT2D eigenvalue weighted by atomic mass is 10.0. The van der Waals surface area contributed by atoms with Crippen molar-refractivity contribution in [3.05, 3.63) is 41.7 Å². The molecule has 1 heterocycles. The highest BCUT2D eigenvalue weighted by molar-refractivity contribution is 7.99. The molecule has 0 bridgehead atoms. The van der Waals surface area contributed by atoms with E-state index in [2.05, 4.69) is 17.5 Å². The van der Waals surface area contributed by atoms with E-state index in [1.54, 1.807) is 17.8 Å². The van der Waals surface area contributed by atoms with Crippen molar-refractivity contribution in [2.24, 2.45) is 5.92 Å². The summed E-state index contributed by atoms with van der Waals surface area (Å²) in [5.74, 6) is 1.19. The van der Waals surface area contributed by atoms with Gasteiger partial charge in [0.15, 0.2) is 0 Å². The largest absolute Gasteiger partial charge is 0.349 e. The van der Waals surface area contributed by atoms with Gasteiger partial charge < -0.3 is 5.32 Å². The lowest BCUT2D eigenvalue weighted by molar-refractivity contribution is -0.122. The molecule has 0 aromatic heterocycles. The summed E-state index contributed by atoms with van der Waals surface area (Å²) in [6.07, 6.45) is 7.83. The fourth-order valence-electron chi connectivity index (χ4n) is 2.87. The minimum absolute atomic E-state index is 0.0418. The number of allylic oxidation sites excluding steroid dienone is 2. The van der Waals surface area contributed by atoms with Crippen LogP contribution in [0.15, 0.2) is 35.2 Å². The number of thioether (sulfide) groups is 1. The number of nitrogens with one attached hydrogen (secondary N) is 1. The Morgan fingerprint density at radius 2 is 2.30 bits per heavy atom. The Kier molecular flexibility index (Phi) is 4.10. The SMILES string of the molecule is O=C(CC1C=CCC1)NC1CCSc2ccc(F)cc21. The normalized spacial score (nSPS) is 24.4. The standard InChI is InChI=1S/C16H18FNOS/c17-12-5-6-15-13(10-12)14(7-8-20-15)18-16(19)9-11-3-1-2-4-11/h1,3,5-6,10-11,14H,2,4,7-9H2,(H,18,19). The molecule has 0 saturated heterocycles. The Morgan fingerprint density at radius 1 is 1.40 bits per heavy atom. The van der Waals surface area contributed by atoms with Crippen LogP contribution in [-0.2, 0) is 4.79 Å². The van der Waals surface area contributed by atoms with E-state index >= 15 is 0 Å². The predicted octanol–water partition coefficient (Wildman–Crippen LogP) is 3.84. The topological polar surface area (TPSA) is 29.1 Å². The summed E-state index contributed by atoms with van der Waals surface area (Å²) in [6, 6.07) is 4.81. The Labute approximate surface area is 122 Å². The van der Waals surface area contributed by atoms with E-state index in [1.165, 1.54) is 6.07 Å². The highest BCUT2D eigenvalue weighted by atomic mass is 32.2. The maximum Gasteiger partial charge on any atom is 0.221 e. The molecule has 20 heavy (non-hydrogen) atoms. The Hall–Kier alpha value is -1.29. The van der Waals surface area contributed by atoms with Gasteiger partial charge in [0.05, 0.1) is 6.04 Å². The number of rotatable bonds is 3. The number of amides is 1. The summed E-state index contributed by atoms with van der Waals surface area (Å²) in [5, 5.41) is 3.08. The molecule has 4 heteroatoms. The number of benzene rings is 1. The molecule has 2 atom stereocenters. The third-order valence-corrected chi connectivity index (χ3v) is 5.03. The Balaban J connectivity index is 1.67. The van der Waals surface area contributed by atoms with Crippen molar-refractivity contribution < 1.29 is 9.18 Å². The maximum atomic E-state index is 13.4. The van der Waals surface area contributed by atoms with E-state index in [0.717, 1.165) is 35.5 Å². The molecule has 2 nitrogen and oxygen atoms in total. The summed E-state index contributed by atoms with van der Waals surface area (Å²) in [4.78, 5) is 13.2. The van der Waals surface area contributed by atoms with Gasteiger partial charge in [-0.25, -0.2) is 4.39 Å². The number of carbonyl (C=O) groups is 1. The van der Waals surface area contributed by atoms with Crippen molar-refractivity contribution in [2.45, 2.75) is 36.6 Å². The summed E-state index contributed by atoms with van der Waals surface area (Å²) >= 11 is 1.73. The Morgan fingerprint density at radius 3 is 3.10 bits per heavy atom. The highest BCUT2D eigenvalue weighted by Gasteiger charge is 2.24. The number of fused-ring (bicyclic) bond motifs is 1. The van der Waals surface area contributed by atoms with Gasteiger partial charge in [0, 0.05) is 17.1 Å². The minimum Gasteiger partial charge on any atom is -0.349 e. The molecule has 2 aliphatic rings. The van der Waals surface area contributed by atoms with Crippen LogP contribution in [0.25, 0.3) is 0 Å². The van der Waals surface area contributed by atoms with Crippen LogP contribution in [-0.4, -0.2) is 11.7 Å². The van der Waals surface area contributed by atoms with Crippen molar-refractivity contribution in [1.29, 1.82) is 0 Å². The van der Waals surface area contributed by atoms with Crippen LogP contribution in [0.5, 0.6) is 0 Å². The van der Waals surface area contributed by atoms with Crippen LogP contribution in [0.1, 0.15) is 37.3 Å². The van der Waals surface area contributed by atoms with Crippen LogP contribution in [0.2, 0.25) is 0 Å². The maximum absolute atomic E-state index is 13.4. The molecule has 0 saturated carbocycles. The molecule has 1 amide bonds. The van der Waals surface area contributed by atoms with Crippen molar-refractivity contribution in [2.75, 3.05) is 5.75 Å². The van der Waals surface area contributed by atoms with Crippen LogP contribution in [0, 0.1) is 11.7 Å². The summed E-state index contributed by atoms with van der Waals surface area (Å²) in [5.41, 5.74) is 0.927. The molecule has 0 fully saturated rings. The third kappa shape index (κ3) is 3.06. The predicted molar refractivity (Wildman–Crippen MR) is 79.1 cm³/mol. The van der Waals surface area contributed by atoms with Crippen molar-refractivity contribution in [1.82, 2.24) is 5.32 Å². The Bertz CT molecular complexity index is 543. The van der Waals surface area contributed by atoms with Gasteiger partial charge in [-0.2, -0.15) is 0 Å². The van der Waals surface area contributed by atoms with E-state index in [1.807, 2.05) is 6.07 Å². The second kappa shape index (κ2) is 6.00. The van der Waals surface area contributed by atoms with Crippen LogP contribution in [0.3, 0.4) is 0 Å². The fourth-order valence-corrected chi connectivity index (χ4v) is 3.98. The van der Waals surface area contributed by atoms with Crippen molar-refractivity contribution in [3.8, 4) is 0 Å². The van der Waals surface area contributed by atoms with Crippen molar-refractivity contribution in [3.63, 3.8) is 0 Å². The second-order valence-electron chi connectivity index (χ2n) is 5.41. The molecule has 2 unspecified atom stereocenters. The van der Waals surface area contributed by atoms with Crippen LogP contribution in [0.4, 0.5) is 4.39 Å². The first-order chi connectivity index (χ1) is 9.72. The average Bonchev–Trinajstić information content (AvgIpc) is 2.92. The zero-order chi connectivity index (χ0) is 13.9. The zero-order valence-electron chi connectivity index (χ0n) is 11.3. The first-order valence-electron chi connectivity index (χ1n) is 7.10. The first-order valence-corrected chi connectivity index (χ1v) is 8.09. The fraction of sp³-hybridized carbons (Fsp3) is 0.438. The molecule has 0 radical (unpaired) electrons. The summed E-state index contributed by atoms with van der Waals surface area (Å²) < 4.78 is 13.4. The summed E-state index contributed by atoms with van der Waals surface area (Å²) in [6.45, 7) is 0. The lowest BCUT2D eigenvalue weighted by Crippen LogP contribution is -2.31. The smallest absolute Gasteiger partial charge is 0.221 e. The first kappa shape index (κ1) is 13.7. The molecule has 1 aliphatic heterocycles. The van der Waals surface area contributed by atoms with Gasteiger partial charge in [-0.15, -0.1) is 11.8 Å². The van der Waals surface area contributed by atoms with E-state index in [4.69, 9.17) is 0 Å². The van der Waals surface area contributed by atoms with Gasteiger partial charge in [-0.05, 0) is 48.9 Å². The molecule has 1 aromatic carbocycles. The van der Waals surface area contributed by atoms with E-state index in [9.17, 15) is 9.18 Å².